The largest absolute Gasteiger partial charge is 0.457 e. The van der Waals surface area contributed by atoms with Crippen molar-refractivity contribution >= 4 is 48.6 Å². The third-order valence-electron chi connectivity index (χ3n) is 13.7. The Morgan fingerprint density at radius 1 is 0.393 bits per heavy atom. The van der Waals surface area contributed by atoms with Crippen LogP contribution in [0.3, 0.4) is 0 Å². The molecule has 3 aliphatic rings. The zero-order chi connectivity index (χ0) is 40.5. The van der Waals surface area contributed by atoms with E-state index in [1.165, 1.54) is 86.9 Å². The van der Waals surface area contributed by atoms with Crippen LogP contribution in [0.4, 0.5) is 17.1 Å². The van der Waals surface area contributed by atoms with Crippen molar-refractivity contribution in [2.45, 2.75) is 24.7 Å². The second kappa shape index (κ2) is 12.7. The van der Waals surface area contributed by atoms with E-state index in [1.54, 1.807) is 0 Å². The lowest BCUT2D eigenvalue weighted by Gasteiger charge is -2.39. The SMILES string of the molecule is CC1(C)c2ccccc2-c2ccc(N(c3ccccc3)c3ccccc3-c3cccc4sc5cc6c(cc5c34)-c3ccccc3C63c4ccccc4Oc4ccccc43)cc21. The van der Waals surface area contributed by atoms with Crippen molar-refractivity contribution in [1.29, 1.82) is 0 Å². The Kier molecular flexibility index (Phi) is 7.19. The third-order valence-corrected chi connectivity index (χ3v) is 14.9. The summed E-state index contributed by atoms with van der Waals surface area (Å²) in [5, 5.41) is 2.58. The van der Waals surface area contributed by atoms with E-state index in [4.69, 9.17) is 4.74 Å². The number of fused-ring (bicyclic) bond motifs is 15. The number of hydrogen-bond acceptors (Lipinski definition) is 3. The smallest absolute Gasteiger partial charge is 0.132 e. The van der Waals surface area contributed by atoms with Gasteiger partial charge >= 0.3 is 0 Å². The number of thiophene rings is 1. The predicted molar refractivity (Wildman–Crippen MR) is 254 cm³/mol. The quantitative estimate of drug-likeness (QED) is 0.176. The van der Waals surface area contributed by atoms with Crippen LogP contribution in [-0.2, 0) is 10.8 Å². The molecule has 0 unspecified atom stereocenters. The summed E-state index contributed by atoms with van der Waals surface area (Å²) in [4.78, 5) is 2.46. The van der Waals surface area contributed by atoms with Gasteiger partial charge in [0.2, 0.25) is 0 Å². The molecule has 0 N–H and O–H groups in total. The highest BCUT2D eigenvalue weighted by Gasteiger charge is 2.51. The van der Waals surface area contributed by atoms with Gasteiger partial charge in [0.1, 0.15) is 11.5 Å². The molecule has 2 heterocycles. The fourth-order valence-electron chi connectivity index (χ4n) is 11.1. The number of rotatable bonds is 4. The first-order chi connectivity index (χ1) is 30.0. The molecule has 10 aromatic rings. The van der Waals surface area contributed by atoms with E-state index in [9.17, 15) is 0 Å². The van der Waals surface area contributed by atoms with Crippen LogP contribution >= 0.6 is 11.3 Å². The Labute approximate surface area is 359 Å². The minimum atomic E-state index is -0.501. The number of ether oxygens (including phenoxy) is 1. The van der Waals surface area contributed by atoms with Gasteiger partial charge in [0.25, 0.3) is 0 Å². The maximum Gasteiger partial charge on any atom is 0.132 e. The van der Waals surface area contributed by atoms with Crippen LogP contribution in [0, 0.1) is 0 Å². The van der Waals surface area contributed by atoms with Crippen LogP contribution in [0.1, 0.15) is 47.2 Å². The van der Waals surface area contributed by atoms with Gasteiger partial charge in [-0.1, -0.05) is 153 Å². The predicted octanol–water partition coefficient (Wildman–Crippen LogP) is 16.0. The molecule has 0 atom stereocenters. The molecule has 0 radical (unpaired) electrons. The Balaban J connectivity index is 1.04. The summed E-state index contributed by atoms with van der Waals surface area (Å²) in [6.07, 6.45) is 0. The van der Waals surface area contributed by atoms with E-state index < -0.39 is 5.41 Å². The number of hydrogen-bond donors (Lipinski definition) is 0. The second-order valence-corrected chi connectivity index (χ2v) is 18.2. The zero-order valence-electron chi connectivity index (χ0n) is 33.8. The van der Waals surface area contributed by atoms with Gasteiger partial charge in [-0.2, -0.15) is 0 Å². The monoisotopic (exact) mass is 797 g/mol. The molecule has 2 aliphatic carbocycles. The number of anilines is 3. The van der Waals surface area contributed by atoms with E-state index in [0.717, 1.165) is 28.6 Å². The van der Waals surface area contributed by atoms with Gasteiger partial charge in [0.05, 0.1) is 11.1 Å². The molecule has 61 heavy (non-hydrogen) atoms. The Morgan fingerprint density at radius 3 is 1.74 bits per heavy atom. The summed E-state index contributed by atoms with van der Waals surface area (Å²) < 4.78 is 9.20. The summed E-state index contributed by atoms with van der Waals surface area (Å²) >= 11 is 1.89. The van der Waals surface area contributed by atoms with Crippen molar-refractivity contribution in [2.24, 2.45) is 0 Å². The zero-order valence-corrected chi connectivity index (χ0v) is 34.6. The van der Waals surface area contributed by atoms with Crippen LogP contribution in [0.15, 0.2) is 200 Å². The molecule has 1 aliphatic heterocycles. The molecule has 2 nitrogen and oxygen atoms in total. The molecule has 1 aromatic heterocycles. The van der Waals surface area contributed by atoms with Crippen molar-refractivity contribution in [3.05, 3.63) is 234 Å². The van der Waals surface area contributed by atoms with Crippen molar-refractivity contribution in [1.82, 2.24) is 0 Å². The molecule has 0 saturated heterocycles. The van der Waals surface area contributed by atoms with Crippen LogP contribution in [-0.4, -0.2) is 0 Å². The molecule has 1 spiro atoms. The Morgan fingerprint density at radius 2 is 0.984 bits per heavy atom. The summed E-state index contributed by atoms with van der Waals surface area (Å²) in [6, 6.07) is 73.9. The molecule has 9 aromatic carbocycles. The normalized spacial score (nSPS) is 14.5. The van der Waals surface area contributed by atoms with Gasteiger partial charge in [0.15, 0.2) is 0 Å². The highest BCUT2D eigenvalue weighted by molar-refractivity contribution is 7.26. The average Bonchev–Trinajstić information content (AvgIpc) is 3.90. The molecular weight excluding hydrogens is 759 g/mol. The van der Waals surface area contributed by atoms with Crippen molar-refractivity contribution in [3.63, 3.8) is 0 Å². The summed E-state index contributed by atoms with van der Waals surface area (Å²) in [5.41, 5.74) is 18.2. The van der Waals surface area contributed by atoms with E-state index in [2.05, 4.69) is 219 Å². The molecule has 0 fully saturated rings. The van der Waals surface area contributed by atoms with Crippen molar-refractivity contribution in [2.75, 3.05) is 4.90 Å². The van der Waals surface area contributed by atoms with Crippen LogP contribution < -0.4 is 9.64 Å². The molecule has 0 bridgehead atoms. The second-order valence-electron chi connectivity index (χ2n) is 17.2. The molecule has 288 valence electrons. The molecular formula is C58H39NOS. The maximum absolute atomic E-state index is 6.63. The van der Waals surface area contributed by atoms with Gasteiger partial charge in [-0.25, -0.2) is 0 Å². The van der Waals surface area contributed by atoms with Gasteiger partial charge in [-0.3, -0.25) is 0 Å². The highest BCUT2D eigenvalue weighted by atomic mass is 32.1. The molecule has 3 heteroatoms. The first kappa shape index (κ1) is 34.6. The third kappa shape index (κ3) is 4.67. The standard InChI is InChI=1S/C58H39NOS/c1-57(2)45-23-9-6-19-38(45)40-32-31-37(33-49(40)57)59(36-17-4-3-5-18-36)51-27-13-8-21-41(51)42-22-16-30-54-56(42)44-34-43-39-20-7-10-24-46(39)58(50(43)35-55(44)61-54)47-25-11-14-28-52(47)60-53-29-15-12-26-48(53)58/h3-35H,1-2H3. The fourth-order valence-corrected chi connectivity index (χ4v) is 12.3. The Hall–Kier alpha value is -7.20. The van der Waals surface area contributed by atoms with Gasteiger partial charge in [-0.05, 0) is 111 Å². The minimum Gasteiger partial charge on any atom is -0.457 e. The van der Waals surface area contributed by atoms with Crippen molar-refractivity contribution < 1.29 is 4.74 Å². The van der Waals surface area contributed by atoms with Crippen LogP contribution in [0.25, 0.3) is 53.6 Å². The van der Waals surface area contributed by atoms with E-state index in [0.29, 0.717) is 0 Å². The van der Waals surface area contributed by atoms with Crippen LogP contribution in [0.2, 0.25) is 0 Å². The fraction of sp³-hybridized carbons (Fsp3) is 0.0690. The van der Waals surface area contributed by atoms with Crippen LogP contribution in [0.5, 0.6) is 11.5 Å². The number of benzene rings is 9. The Bertz CT molecular complexity index is 3400. The summed E-state index contributed by atoms with van der Waals surface area (Å²) in [6.45, 7) is 4.72. The highest BCUT2D eigenvalue weighted by Crippen LogP contribution is 2.63. The van der Waals surface area contributed by atoms with Gasteiger partial charge < -0.3 is 9.64 Å². The van der Waals surface area contributed by atoms with Gasteiger partial charge in [-0.15, -0.1) is 11.3 Å². The lowest BCUT2D eigenvalue weighted by Crippen LogP contribution is -2.32. The number of nitrogens with zero attached hydrogens (tertiary/aromatic N) is 1. The maximum atomic E-state index is 6.63. The average molecular weight is 798 g/mol. The topological polar surface area (TPSA) is 12.5 Å². The van der Waals surface area contributed by atoms with E-state index >= 15 is 0 Å². The number of para-hydroxylation sites is 4. The lowest BCUT2D eigenvalue weighted by atomic mass is 9.66. The molecule has 0 amide bonds. The summed E-state index contributed by atoms with van der Waals surface area (Å²) in [5.74, 6) is 1.83. The van der Waals surface area contributed by atoms with E-state index in [1.807, 2.05) is 11.3 Å². The lowest BCUT2D eigenvalue weighted by molar-refractivity contribution is 0.436. The van der Waals surface area contributed by atoms with E-state index in [-0.39, 0.29) is 5.41 Å². The van der Waals surface area contributed by atoms with Gasteiger partial charge in [0, 0.05) is 53.7 Å². The summed E-state index contributed by atoms with van der Waals surface area (Å²) in [7, 11) is 0. The first-order valence-corrected chi connectivity index (χ1v) is 22.0. The molecule has 13 rings (SSSR count). The molecule has 0 saturated carbocycles. The minimum absolute atomic E-state index is 0.114. The first-order valence-electron chi connectivity index (χ1n) is 21.2. The van der Waals surface area contributed by atoms with Crippen molar-refractivity contribution in [3.8, 4) is 44.9 Å².